The molecule has 2 aromatic rings. The Kier molecular flexibility index (Phi) is 4.41. The van der Waals surface area contributed by atoms with Crippen molar-refractivity contribution in [1.29, 1.82) is 0 Å². The maximum absolute atomic E-state index is 6.18. The average molecular weight is 282 g/mol. The highest BCUT2D eigenvalue weighted by atomic mass is 16.5. The summed E-state index contributed by atoms with van der Waals surface area (Å²) in [4.78, 5) is 0. The Labute approximate surface area is 129 Å². The van der Waals surface area contributed by atoms with Gasteiger partial charge in [-0.15, -0.1) is 0 Å². The van der Waals surface area contributed by atoms with Crippen LogP contribution in [0.5, 0.6) is 5.75 Å². The highest BCUT2D eigenvalue weighted by Gasteiger charge is 2.39. The third-order valence-electron chi connectivity index (χ3n) is 4.68. The summed E-state index contributed by atoms with van der Waals surface area (Å²) in [7, 11) is 0. The normalized spacial score (nSPS) is 14.5. The molecule has 0 aromatic heterocycles. The van der Waals surface area contributed by atoms with E-state index in [0.717, 1.165) is 5.75 Å². The number of hydrogen-bond acceptors (Lipinski definition) is 1. The van der Waals surface area contributed by atoms with Gasteiger partial charge >= 0.3 is 0 Å². The molecule has 0 spiro atoms. The molecule has 0 fully saturated rings. The van der Waals surface area contributed by atoms with Crippen LogP contribution in [-0.2, 0) is 5.41 Å². The maximum Gasteiger partial charge on any atom is 0.122 e. The van der Waals surface area contributed by atoms with E-state index < -0.39 is 0 Å². The van der Waals surface area contributed by atoms with Crippen LogP contribution >= 0.6 is 0 Å². The zero-order chi connectivity index (χ0) is 15.5. The molecule has 112 valence electrons. The summed E-state index contributed by atoms with van der Waals surface area (Å²) in [5.74, 6) is 0.976. The Hall–Kier alpha value is -1.76. The quantitative estimate of drug-likeness (QED) is 0.731. The Balaban J connectivity index is 2.29. The summed E-state index contributed by atoms with van der Waals surface area (Å²) in [6.07, 6.45) is 0. The van der Waals surface area contributed by atoms with Gasteiger partial charge in [-0.3, -0.25) is 0 Å². The van der Waals surface area contributed by atoms with Gasteiger partial charge in [-0.25, -0.2) is 0 Å². The van der Waals surface area contributed by atoms with Crippen LogP contribution in [0.25, 0.3) is 0 Å². The van der Waals surface area contributed by atoms with Gasteiger partial charge in [0.1, 0.15) is 5.75 Å². The molecule has 0 saturated heterocycles. The number of ether oxygens (including phenoxy) is 1. The predicted molar refractivity (Wildman–Crippen MR) is 89.9 cm³/mol. The number of para-hydroxylation sites is 1. The molecule has 0 N–H and O–H groups in total. The SMILES string of the molecule is Cc1ccccc1OC[C@](C)(c1ccccc1)C(C)(C)C. The standard InChI is InChI=1S/C20H26O/c1-16-11-9-10-14-18(16)21-15-20(5,19(2,3)4)17-12-7-6-8-13-17/h6-14H,15H2,1-5H3/t20-/m1/s1. The van der Waals surface area contributed by atoms with Gasteiger partial charge in [-0.05, 0) is 29.5 Å². The molecule has 0 amide bonds. The van der Waals surface area contributed by atoms with E-state index in [-0.39, 0.29) is 10.8 Å². The summed E-state index contributed by atoms with van der Waals surface area (Å²) < 4.78 is 6.18. The van der Waals surface area contributed by atoms with Crippen LogP contribution in [0.15, 0.2) is 54.6 Å². The van der Waals surface area contributed by atoms with Crippen molar-refractivity contribution in [3.05, 3.63) is 65.7 Å². The smallest absolute Gasteiger partial charge is 0.122 e. The van der Waals surface area contributed by atoms with Gasteiger partial charge in [-0.1, -0.05) is 76.2 Å². The van der Waals surface area contributed by atoms with Gasteiger partial charge in [0.25, 0.3) is 0 Å². The van der Waals surface area contributed by atoms with E-state index in [1.54, 1.807) is 0 Å². The highest BCUT2D eigenvalue weighted by molar-refractivity contribution is 5.33. The second kappa shape index (κ2) is 5.93. The summed E-state index contributed by atoms with van der Waals surface area (Å²) in [6.45, 7) is 11.9. The molecule has 0 heterocycles. The maximum atomic E-state index is 6.18. The lowest BCUT2D eigenvalue weighted by Gasteiger charge is -2.42. The third kappa shape index (κ3) is 3.29. The van der Waals surface area contributed by atoms with E-state index in [9.17, 15) is 0 Å². The van der Waals surface area contributed by atoms with Crippen molar-refractivity contribution in [2.75, 3.05) is 6.61 Å². The number of hydrogen-bond donors (Lipinski definition) is 0. The van der Waals surface area contributed by atoms with Gasteiger partial charge in [0.15, 0.2) is 0 Å². The van der Waals surface area contributed by atoms with Crippen LogP contribution in [-0.4, -0.2) is 6.61 Å². The summed E-state index contributed by atoms with van der Waals surface area (Å²) >= 11 is 0. The van der Waals surface area contributed by atoms with Gasteiger partial charge in [0, 0.05) is 5.41 Å². The Morgan fingerprint density at radius 1 is 0.810 bits per heavy atom. The van der Waals surface area contributed by atoms with E-state index in [1.807, 2.05) is 18.2 Å². The van der Waals surface area contributed by atoms with Crippen LogP contribution in [0.1, 0.15) is 38.8 Å². The largest absolute Gasteiger partial charge is 0.492 e. The van der Waals surface area contributed by atoms with Crippen molar-refractivity contribution in [1.82, 2.24) is 0 Å². The van der Waals surface area contributed by atoms with E-state index in [2.05, 4.69) is 71.0 Å². The average Bonchev–Trinajstić information content (AvgIpc) is 2.46. The first-order valence-electron chi connectivity index (χ1n) is 7.58. The molecule has 1 heteroatoms. The summed E-state index contributed by atoms with van der Waals surface area (Å²) in [5, 5.41) is 0. The third-order valence-corrected chi connectivity index (χ3v) is 4.68. The molecule has 2 rings (SSSR count). The Morgan fingerprint density at radius 2 is 1.38 bits per heavy atom. The second-order valence-corrected chi connectivity index (χ2v) is 7.00. The van der Waals surface area contributed by atoms with Crippen LogP contribution < -0.4 is 4.74 Å². The van der Waals surface area contributed by atoms with Crippen molar-refractivity contribution in [3.63, 3.8) is 0 Å². The predicted octanol–water partition coefficient (Wildman–Crippen LogP) is 5.38. The first kappa shape index (κ1) is 15.6. The summed E-state index contributed by atoms with van der Waals surface area (Å²) in [6, 6.07) is 18.9. The fourth-order valence-corrected chi connectivity index (χ4v) is 2.48. The van der Waals surface area contributed by atoms with E-state index >= 15 is 0 Å². The first-order chi connectivity index (χ1) is 9.84. The monoisotopic (exact) mass is 282 g/mol. The van der Waals surface area contributed by atoms with Gasteiger partial charge in [-0.2, -0.15) is 0 Å². The zero-order valence-corrected chi connectivity index (χ0v) is 13.8. The minimum absolute atomic E-state index is 0.0451. The minimum Gasteiger partial charge on any atom is -0.492 e. The van der Waals surface area contributed by atoms with Crippen molar-refractivity contribution in [2.24, 2.45) is 5.41 Å². The van der Waals surface area contributed by atoms with Crippen LogP contribution in [0.3, 0.4) is 0 Å². The molecular weight excluding hydrogens is 256 g/mol. The molecule has 0 aliphatic carbocycles. The molecule has 21 heavy (non-hydrogen) atoms. The van der Waals surface area contributed by atoms with Crippen molar-refractivity contribution in [3.8, 4) is 5.75 Å². The molecule has 0 aliphatic rings. The Morgan fingerprint density at radius 3 is 1.95 bits per heavy atom. The molecule has 1 nitrogen and oxygen atoms in total. The van der Waals surface area contributed by atoms with Gasteiger partial charge < -0.3 is 4.74 Å². The lowest BCUT2D eigenvalue weighted by molar-refractivity contribution is 0.118. The first-order valence-corrected chi connectivity index (χ1v) is 7.58. The molecular formula is C20H26O. The molecule has 0 radical (unpaired) electrons. The number of rotatable bonds is 4. The zero-order valence-electron chi connectivity index (χ0n) is 13.8. The molecule has 0 unspecified atom stereocenters. The topological polar surface area (TPSA) is 9.23 Å². The Bertz CT molecular complexity index is 580. The van der Waals surface area contributed by atoms with Crippen molar-refractivity contribution >= 4 is 0 Å². The fraction of sp³-hybridized carbons (Fsp3) is 0.400. The second-order valence-electron chi connectivity index (χ2n) is 7.00. The molecule has 0 bridgehead atoms. The number of benzene rings is 2. The van der Waals surface area contributed by atoms with Gasteiger partial charge in [0.2, 0.25) is 0 Å². The molecule has 0 aliphatic heterocycles. The van der Waals surface area contributed by atoms with E-state index in [4.69, 9.17) is 4.74 Å². The van der Waals surface area contributed by atoms with Crippen LogP contribution in [0.4, 0.5) is 0 Å². The van der Waals surface area contributed by atoms with Crippen LogP contribution in [0.2, 0.25) is 0 Å². The van der Waals surface area contributed by atoms with Gasteiger partial charge in [0.05, 0.1) is 6.61 Å². The minimum atomic E-state index is -0.0451. The summed E-state index contributed by atoms with van der Waals surface area (Å²) in [5.41, 5.74) is 2.57. The lowest BCUT2D eigenvalue weighted by Crippen LogP contribution is -2.42. The lowest BCUT2D eigenvalue weighted by atomic mass is 9.64. The highest BCUT2D eigenvalue weighted by Crippen LogP contribution is 2.41. The molecule has 2 aromatic carbocycles. The fourth-order valence-electron chi connectivity index (χ4n) is 2.48. The van der Waals surface area contributed by atoms with Crippen molar-refractivity contribution < 1.29 is 4.74 Å². The van der Waals surface area contributed by atoms with Crippen LogP contribution in [0, 0.1) is 12.3 Å². The molecule has 0 saturated carbocycles. The van der Waals surface area contributed by atoms with E-state index in [0.29, 0.717) is 6.61 Å². The van der Waals surface area contributed by atoms with E-state index in [1.165, 1.54) is 11.1 Å². The van der Waals surface area contributed by atoms with Crippen molar-refractivity contribution in [2.45, 2.75) is 40.0 Å². The molecule has 1 atom stereocenters. The number of aryl methyl sites for hydroxylation is 1.